The van der Waals surface area contributed by atoms with Crippen molar-refractivity contribution < 1.29 is 19.4 Å². The van der Waals surface area contributed by atoms with E-state index in [1.165, 1.54) is 11.0 Å². The number of carbonyl (C=O) groups excluding carboxylic acids is 1. The molecule has 110 valence electrons. The highest BCUT2D eigenvalue weighted by Crippen LogP contribution is 2.27. The van der Waals surface area contributed by atoms with E-state index in [1.807, 2.05) is 6.92 Å². The van der Waals surface area contributed by atoms with Gasteiger partial charge in [0.05, 0.1) is 5.02 Å². The summed E-state index contributed by atoms with van der Waals surface area (Å²) in [6, 6.07) is 4.65. The SMILES string of the molecule is CCCN(CC(=O)O)C(=O)COc1ccc(Cl)cc1Cl. The summed E-state index contributed by atoms with van der Waals surface area (Å²) in [6.45, 7) is 1.61. The van der Waals surface area contributed by atoms with Crippen molar-refractivity contribution >= 4 is 35.1 Å². The molecule has 0 saturated carbocycles. The van der Waals surface area contributed by atoms with Gasteiger partial charge in [-0.15, -0.1) is 0 Å². The molecule has 1 N–H and O–H groups in total. The molecule has 5 nitrogen and oxygen atoms in total. The Balaban J connectivity index is 2.62. The van der Waals surface area contributed by atoms with Crippen LogP contribution in [0.25, 0.3) is 0 Å². The minimum absolute atomic E-state index is 0.269. The van der Waals surface area contributed by atoms with Gasteiger partial charge in [0.15, 0.2) is 6.61 Å². The van der Waals surface area contributed by atoms with Gasteiger partial charge in [-0.2, -0.15) is 0 Å². The number of halogens is 2. The first-order valence-electron chi connectivity index (χ1n) is 6.01. The summed E-state index contributed by atoms with van der Waals surface area (Å²) < 4.78 is 5.29. The molecule has 0 aliphatic carbocycles. The zero-order valence-electron chi connectivity index (χ0n) is 10.9. The second kappa shape index (κ2) is 7.97. The average Bonchev–Trinajstić information content (AvgIpc) is 2.36. The van der Waals surface area contributed by atoms with Crippen molar-refractivity contribution in [3.63, 3.8) is 0 Å². The van der Waals surface area contributed by atoms with E-state index in [9.17, 15) is 9.59 Å². The van der Waals surface area contributed by atoms with Crippen molar-refractivity contribution in [2.75, 3.05) is 19.7 Å². The maximum Gasteiger partial charge on any atom is 0.323 e. The number of rotatable bonds is 7. The summed E-state index contributed by atoms with van der Waals surface area (Å²) in [5.74, 6) is -1.13. The number of amides is 1. The number of carboxylic acid groups (broad SMARTS) is 1. The van der Waals surface area contributed by atoms with E-state index in [-0.39, 0.29) is 13.2 Å². The van der Waals surface area contributed by atoms with Gasteiger partial charge in [-0.05, 0) is 24.6 Å². The quantitative estimate of drug-likeness (QED) is 0.839. The van der Waals surface area contributed by atoms with Crippen LogP contribution in [-0.4, -0.2) is 41.6 Å². The molecule has 1 aromatic carbocycles. The normalized spacial score (nSPS) is 10.2. The number of hydrogen-bond acceptors (Lipinski definition) is 3. The summed E-state index contributed by atoms with van der Waals surface area (Å²) >= 11 is 11.7. The van der Waals surface area contributed by atoms with Crippen LogP contribution in [0.2, 0.25) is 10.0 Å². The third-order valence-electron chi connectivity index (χ3n) is 2.42. The van der Waals surface area contributed by atoms with Crippen LogP contribution < -0.4 is 4.74 Å². The first kappa shape index (κ1) is 16.6. The molecule has 0 atom stereocenters. The number of benzene rings is 1. The van der Waals surface area contributed by atoms with Gasteiger partial charge >= 0.3 is 5.97 Å². The Morgan fingerprint density at radius 1 is 1.35 bits per heavy atom. The molecule has 0 saturated heterocycles. The molecule has 0 unspecified atom stereocenters. The lowest BCUT2D eigenvalue weighted by molar-refractivity contribution is -0.145. The highest BCUT2D eigenvalue weighted by molar-refractivity contribution is 6.35. The van der Waals surface area contributed by atoms with Gasteiger partial charge in [0, 0.05) is 11.6 Å². The van der Waals surface area contributed by atoms with Crippen LogP contribution in [0.5, 0.6) is 5.75 Å². The molecule has 0 spiro atoms. The van der Waals surface area contributed by atoms with Crippen molar-refractivity contribution in [1.82, 2.24) is 4.90 Å². The number of aliphatic carboxylic acids is 1. The first-order chi connectivity index (χ1) is 9.43. The first-order valence-corrected chi connectivity index (χ1v) is 6.77. The zero-order valence-corrected chi connectivity index (χ0v) is 12.4. The maximum absolute atomic E-state index is 11.9. The summed E-state index contributed by atoms with van der Waals surface area (Å²) in [6.07, 6.45) is 0.667. The summed E-state index contributed by atoms with van der Waals surface area (Å²) in [4.78, 5) is 23.8. The van der Waals surface area contributed by atoms with Gasteiger partial charge in [-0.1, -0.05) is 30.1 Å². The Morgan fingerprint density at radius 3 is 2.60 bits per heavy atom. The fourth-order valence-electron chi connectivity index (χ4n) is 1.55. The molecule has 0 fully saturated rings. The van der Waals surface area contributed by atoms with Crippen LogP contribution >= 0.6 is 23.2 Å². The third kappa shape index (κ3) is 5.27. The van der Waals surface area contributed by atoms with Crippen LogP contribution in [-0.2, 0) is 9.59 Å². The second-order valence-electron chi connectivity index (χ2n) is 4.07. The highest BCUT2D eigenvalue weighted by atomic mass is 35.5. The number of hydrogen-bond donors (Lipinski definition) is 1. The van der Waals surface area contributed by atoms with Gasteiger partial charge in [-0.25, -0.2) is 0 Å². The second-order valence-corrected chi connectivity index (χ2v) is 4.92. The molecule has 0 aliphatic rings. The van der Waals surface area contributed by atoms with E-state index in [4.69, 9.17) is 33.0 Å². The van der Waals surface area contributed by atoms with E-state index in [1.54, 1.807) is 12.1 Å². The van der Waals surface area contributed by atoms with Gasteiger partial charge in [0.1, 0.15) is 12.3 Å². The number of carboxylic acids is 1. The van der Waals surface area contributed by atoms with Crippen molar-refractivity contribution in [3.05, 3.63) is 28.2 Å². The van der Waals surface area contributed by atoms with Crippen molar-refractivity contribution in [2.24, 2.45) is 0 Å². The van der Waals surface area contributed by atoms with Crippen LogP contribution in [0.15, 0.2) is 18.2 Å². The fraction of sp³-hybridized carbons (Fsp3) is 0.385. The lowest BCUT2D eigenvalue weighted by Crippen LogP contribution is -2.39. The predicted octanol–water partition coefficient (Wildman–Crippen LogP) is 2.70. The predicted molar refractivity (Wildman–Crippen MR) is 76.5 cm³/mol. The molecular weight excluding hydrogens is 305 g/mol. The molecule has 0 aliphatic heterocycles. The Bertz CT molecular complexity index is 493. The van der Waals surface area contributed by atoms with Gasteiger partial charge < -0.3 is 14.7 Å². The van der Waals surface area contributed by atoms with Crippen LogP contribution in [0.3, 0.4) is 0 Å². The van der Waals surface area contributed by atoms with E-state index >= 15 is 0 Å². The van der Waals surface area contributed by atoms with E-state index in [0.29, 0.717) is 28.8 Å². The maximum atomic E-state index is 11.9. The fourth-order valence-corrected chi connectivity index (χ4v) is 2.01. The van der Waals surface area contributed by atoms with E-state index in [0.717, 1.165) is 0 Å². The van der Waals surface area contributed by atoms with Crippen LogP contribution in [0, 0.1) is 0 Å². The molecule has 1 amide bonds. The molecule has 0 heterocycles. The van der Waals surface area contributed by atoms with Gasteiger partial charge in [0.25, 0.3) is 5.91 Å². The Labute approximate surface area is 127 Å². The van der Waals surface area contributed by atoms with Crippen molar-refractivity contribution in [2.45, 2.75) is 13.3 Å². The highest BCUT2D eigenvalue weighted by Gasteiger charge is 2.16. The smallest absolute Gasteiger partial charge is 0.323 e. The number of ether oxygens (including phenoxy) is 1. The molecule has 1 rings (SSSR count). The van der Waals surface area contributed by atoms with Crippen molar-refractivity contribution in [1.29, 1.82) is 0 Å². The van der Waals surface area contributed by atoms with E-state index < -0.39 is 11.9 Å². The summed E-state index contributed by atoms with van der Waals surface area (Å²) in [5.41, 5.74) is 0. The lowest BCUT2D eigenvalue weighted by atomic mass is 10.3. The van der Waals surface area contributed by atoms with Crippen molar-refractivity contribution in [3.8, 4) is 5.75 Å². The minimum atomic E-state index is -1.06. The third-order valence-corrected chi connectivity index (χ3v) is 2.95. The number of nitrogens with zero attached hydrogens (tertiary/aromatic N) is 1. The van der Waals surface area contributed by atoms with Gasteiger partial charge in [0.2, 0.25) is 0 Å². The molecule has 0 bridgehead atoms. The topological polar surface area (TPSA) is 66.8 Å². The van der Waals surface area contributed by atoms with Crippen LogP contribution in [0.4, 0.5) is 0 Å². The van der Waals surface area contributed by atoms with E-state index in [2.05, 4.69) is 0 Å². The zero-order chi connectivity index (χ0) is 15.1. The summed E-state index contributed by atoms with van der Waals surface area (Å²) in [7, 11) is 0. The lowest BCUT2D eigenvalue weighted by Gasteiger charge is -2.20. The molecule has 0 aromatic heterocycles. The Hall–Kier alpha value is -1.46. The molecule has 7 heteroatoms. The molecule has 0 radical (unpaired) electrons. The van der Waals surface area contributed by atoms with Gasteiger partial charge in [-0.3, -0.25) is 9.59 Å². The Morgan fingerprint density at radius 2 is 2.05 bits per heavy atom. The molecular formula is C13H15Cl2NO4. The molecule has 20 heavy (non-hydrogen) atoms. The Kier molecular flexibility index (Phi) is 6.61. The summed E-state index contributed by atoms with van der Waals surface area (Å²) in [5, 5.41) is 9.51. The standard InChI is InChI=1S/C13H15Cl2NO4/c1-2-5-16(7-13(18)19)12(17)8-20-11-4-3-9(14)6-10(11)15/h3-4,6H,2,5,7-8H2,1H3,(H,18,19). The minimum Gasteiger partial charge on any atom is -0.482 e. The average molecular weight is 320 g/mol. The van der Waals surface area contributed by atoms with Crippen LogP contribution in [0.1, 0.15) is 13.3 Å². The largest absolute Gasteiger partial charge is 0.482 e. The number of carbonyl (C=O) groups is 2. The molecule has 1 aromatic rings. The monoisotopic (exact) mass is 319 g/mol.